The Kier molecular flexibility index (Phi) is 6.53. The quantitative estimate of drug-likeness (QED) is 0.315. The third-order valence-corrected chi connectivity index (χ3v) is 1.23. The van der Waals surface area contributed by atoms with Gasteiger partial charge < -0.3 is 14.2 Å². The molecule has 0 aliphatic carbocycles. The summed E-state index contributed by atoms with van der Waals surface area (Å²) >= 11 is 5.36. The maximum absolute atomic E-state index is 10.9. The predicted molar refractivity (Wildman–Crippen MR) is 53.5 cm³/mol. The number of alkyl halides is 1. The molecule has 0 aromatic heterocycles. The fourth-order valence-electron chi connectivity index (χ4n) is 0.549. The van der Waals surface area contributed by atoms with Crippen molar-refractivity contribution in [1.82, 2.24) is 0 Å². The van der Waals surface area contributed by atoms with Crippen molar-refractivity contribution in [3.8, 4) is 0 Å². The molecule has 0 aromatic rings. The lowest BCUT2D eigenvalue weighted by Gasteiger charge is -2.07. The van der Waals surface area contributed by atoms with Crippen molar-refractivity contribution in [3.05, 3.63) is 12.2 Å². The van der Waals surface area contributed by atoms with Gasteiger partial charge in [-0.05, 0) is 13.8 Å². The Morgan fingerprint density at radius 3 is 2.33 bits per heavy atom. The van der Waals surface area contributed by atoms with Crippen molar-refractivity contribution >= 4 is 23.7 Å². The van der Waals surface area contributed by atoms with Crippen LogP contribution >= 0.6 is 11.6 Å². The van der Waals surface area contributed by atoms with Crippen molar-refractivity contribution in [1.29, 1.82) is 0 Å². The second-order valence-corrected chi connectivity index (χ2v) is 3.29. The van der Waals surface area contributed by atoms with Gasteiger partial charge in [-0.2, -0.15) is 0 Å². The summed E-state index contributed by atoms with van der Waals surface area (Å²) in [5, 5.41) is 0. The van der Waals surface area contributed by atoms with E-state index in [1.165, 1.54) is 13.8 Å². The van der Waals surface area contributed by atoms with Crippen LogP contribution < -0.4 is 0 Å². The minimum Gasteiger partial charge on any atom is -0.459 e. The molecule has 0 aliphatic rings. The van der Waals surface area contributed by atoms with Crippen LogP contribution in [0.3, 0.4) is 0 Å². The predicted octanol–water partition coefficient (Wildman–Crippen LogP) is 1.84. The van der Waals surface area contributed by atoms with Crippen LogP contribution in [-0.2, 0) is 19.0 Å². The maximum Gasteiger partial charge on any atom is 0.509 e. The van der Waals surface area contributed by atoms with E-state index in [-0.39, 0.29) is 18.8 Å². The number of ether oxygens (including phenoxy) is 3. The number of halogens is 1. The molecule has 0 N–H and O–H groups in total. The highest BCUT2D eigenvalue weighted by molar-refractivity contribution is 6.19. The van der Waals surface area contributed by atoms with E-state index in [2.05, 4.69) is 20.8 Å². The largest absolute Gasteiger partial charge is 0.509 e. The molecule has 0 bridgehead atoms. The van der Waals surface area contributed by atoms with Crippen LogP contribution in [0.2, 0.25) is 0 Å². The van der Waals surface area contributed by atoms with Crippen LogP contribution in [0.15, 0.2) is 12.2 Å². The highest BCUT2D eigenvalue weighted by Gasteiger charge is 2.08. The fourth-order valence-corrected chi connectivity index (χ4v) is 0.622. The molecule has 0 aliphatic heterocycles. The Labute approximate surface area is 92.9 Å². The average molecular weight is 237 g/mol. The van der Waals surface area contributed by atoms with Crippen LogP contribution in [0.4, 0.5) is 4.79 Å². The second-order valence-electron chi connectivity index (χ2n) is 2.68. The lowest BCUT2D eigenvalue weighted by Crippen LogP contribution is -2.16. The number of rotatable bonds is 5. The summed E-state index contributed by atoms with van der Waals surface area (Å²) in [5.74, 6) is -0.530. The first-order valence-corrected chi connectivity index (χ1v) is 4.67. The van der Waals surface area contributed by atoms with Gasteiger partial charge in [0.05, 0.1) is 0 Å². The van der Waals surface area contributed by atoms with Crippen LogP contribution in [0.1, 0.15) is 13.8 Å². The molecule has 0 aromatic carbocycles. The number of esters is 1. The summed E-state index contributed by atoms with van der Waals surface area (Å²) in [5.41, 5.74) is -0.470. The number of carbonyl (C=O) groups excluding carboxylic acids is 2. The van der Waals surface area contributed by atoms with Crippen molar-refractivity contribution in [3.63, 3.8) is 0 Å². The molecule has 0 radical (unpaired) electrons. The van der Waals surface area contributed by atoms with Gasteiger partial charge in [0.15, 0.2) is 5.56 Å². The summed E-state index contributed by atoms with van der Waals surface area (Å²) in [6, 6.07) is 0. The van der Waals surface area contributed by atoms with Crippen LogP contribution in [-0.4, -0.2) is 30.9 Å². The van der Waals surface area contributed by atoms with Gasteiger partial charge >= 0.3 is 12.1 Å². The molecule has 0 spiro atoms. The summed E-state index contributed by atoms with van der Waals surface area (Å²) in [6.45, 7) is 6.25. The summed E-state index contributed by atoms with van der Waals surface area (Å²) in [6.07, 6.45) is -0.899. The normalized spacial score (nSPS) is 11.4. The molecule has 0 fully saturated rings. The van der Waals surface area contributed by atoms with E-state index in [1.807, 2.05) is 0 Å². The lowest BCUT2D eigenvalue weighted by atomic mass is 10.4. The molecule has 1 atom stereocenters. The third-order valence-electron chi connectivity index (χ3n) is 1.14. The molecule has 0 saturated heterocycles. The lowest BCUT2D eigenvalue weighted by molar-refractivity contribution is -0.140. The summed E-state index contributed by atoms with van der Waals surface area (Å²) < 4.78 is 13.6. The van der Waals surface area contributed by atoms with Gasteiger partial charge in [-0.1, -0.05) is 18.2 Å². The molecule has 5 nitrogen and oxygen atoms in total. The first kappa shape index (κ1) is 13.8. The first-order chi connectivity index (χ1) is 6.93. The Hall–Kier alpha value is -1.23. The molecule has 0 heterocycles. The molecule has 1 unspecified atom stereocenters. The van der Waals surface area contributed by atoms with E-state index in [1.54, 1.807) is 0 Å². The van der Waals surface area contributed by atoms with Crippen molar-refractivity contribution in [2.45, 2.75) is 19.4 Å². The van der Waals surface area contributed by atoms with Gasteiger partial charge in [-0.15, -0.1) is 0 Å². The Bertz CT molecular complexity index is 249. The zero-order valence-electron chi connectivity index (χ0n) is 8.62. The fraction of sp³-hybridized carbons (Fsp3) is 0.556. The van der Waals surface area contributed by atoms with E-state index < -0.39 is 17.7 Å². The van der Waals surface area contributed by atoms with Crippen LogP contribution in [0.5, 0.6) is 0 Å². The van der Waals surface area contributed by atoms with Gasteiger partial charge in [-0.3, -0.25) is 0 Å². The van der Waals surface area contributed by atoms with Gasteiger partial charge in [0.2, 0.25) is 0 Å². The zero-order valence-corrected chi connectivity index (χ0v) is 9.37. The monoisotopic (exact) mass is 236 g/mol. The summed E-state index contributed by atoms with van der Waals surface area (Å²) in [4.78, 5) is 21.6. The van der Waals surface area contributed by atoms with E-state index in [0.29, 0.717) is 0 Å². The van der Waals surface area contributed by atoms with Crippen molar-refractivity contribution in [2.24, 2.45) is 0 Å². The minimum atomic E-state index is -0.899. The standard InChI is InChI=1S/C9H13ClO5/c1-6(2)8(11)13-4-5-14-9(12)15-7(3)10/h7H,1,4-5H2,2-3H3. The van der Waals surface area contributed by atoms with E-state index in [4.69, 9.17) is 11.6 Å². The van der Waals surface area contributed by atoms with Gasteiger partial charge in [-0.25, -0.2) is 9.59 Å². The molecule has 15 heavy (non-hydrogen) atoms. The van der Waals surface area contributed by atoms with Crippen LogP contribution in [0.25, 0.3) is 0 Å². The van der Waals surface area contributed by atoms with Crippen LogP contribution in [0, 0.1) is 0 Å². The Morgan fingerprint density at radius 1 is 1.33 bits per heavy atom. The molecule has 86 valence electrons. The van der Waals surface area contributed by atoms with E-state index in [9.17, 15) is 9.59 Å². The van der Waals surface area contributed by atoms with E-state index in [0.717, 1.165) is 0 Å². The number of hydrogen-bond donors (Lipinski definition) is 0. The molecular formula is C9H13ClO5. The van der Waals surface area contributed by atoms with E-state index >= 15 is 0 Å². The SMILES string of the molecule is C=C(C)C(=O)OCCOC(=O)OC(C)Cl. The maximum atomic E-state index is 10.9. The first-order valence-electron chi connectivity index (χ1n) is 4.23. The van der Waals surface area contributed by atoms with Crippen molar-refractivity contribution in [2.75, 3.05) is 13.2 Å². The van der Waals surface area contributed by atoms with Crippen molar-refractivity contribution < 1.29 is 23.8 Å². The molecule has 0 saturated carbocycles. The summed E-state index contributed by atoms with van der Waals surface area (Å²) in [7, 11) is 0. The third kappa shape index (κ3) is 7.81. The molecular weight excluding hydrogens is 224 g/mol. The molecule has 0 rings (SSSR count). The molecule has 6 heteroatoms. The molecule has 0 amide bonds. The number of carbonyl (C=O) groups is 2. The van der Waals surface area contributed by atoms with Gasteiger partial charge in [0, 0.05) is 5.57 Å². The Balaban J connectivity index is 3.50. The van der Waals surface area contributed by atoms with Gasteiger partial charge in [0.1, 0.15) is 13.2 Å². The topological polar surface area (TPSA) is 61.8 Å². The second kappa shape index (κ2) is 7.11. The minimum absolute atomic E-state index is 0.0442. The smallest absolute Gasteiger partial charge is 0.459 e. The average Bonchev–Trinajstić information content (AvgIpc) is 2.10. The number of hydrogen-bond acceptors (Lipinski definition) is 5. The van der Waals surface area contributed by atoms with Gasteiger partial charge in [0.25, 0.3) is 0 Å². The Morgan fingerprint density at radius 2 is 1.87 bits per heavy atom. The highest BCUT2D eigenvalue weighted by atomic mass is 35.5. The highest BCUT2D eigenvalue weighted by Crippen LogP contribution is 1.98. The zero-order chi connectivity index (χ0) is 11.8.